The molecule has 0 bridgehead atoms. The molecule has 0 saturated carbocycles. The van der Waals surface area contributed by atoms with Crippen LogP contribution in [-0.2, 0) is 9.59 Å². The van der Waals surface area contributed by atoms with Crippen LogP contribution in [0.1, 0.15) is 18.9 Å². The van der Waals surface area contributed by atoms with E-state index in [1.807, 2.05) is 50.2 Å². The summed E-state index contributed by atoms with van der Waals surface area (Å²) in [5.74, 6) is 0.508. The maximum absolute atomic E-state index is 12.5. The third-order valence-electron chi connectivity index (χ3n) is 4.20. The SMILES string of the molecule is CCOc1ccccc1N1C[C@H](C(=O)Nc2ncccc2C)CC1=O. The monoisotopic (exact) mass is 339 g/mol. The number of aromatic nitrogens is 1. The van der Waals surface area contributed by atoms with Crippen LogP contribution >= 0.6 is 0 Å². The van der Waals surface area contributed by atoms with E-state index >= 15 is 0 Å². The maximum atomic E-state index is 12.5. The van der Waals surface area contributed by atoms with Crippen LogP contribution < -0.4 is 15.0 Å². The van der Waals surface area contributed by atoms with Gasteiger partial charge in [0.15, 0.2) is 0 Å². The van der Waals surface area contributed by atoms with E-state index in [0.717, 1.165) is 5.56 Å². The van der Waals surface area contributed by atoms with Gasteiger partial charge in [-0.25, -0.2) is 4.98 Å². The van der Waals surface area contributed by atoms with E-state index in [1.54, 1.807) is 11.1 Å². The molecule has 1 aliphatic heterocycles. The Morgan fingerprint density at radius 2 is 2.12 bits per heavy atom. The topological polar surface area (TPSA) is 71.5 Å². The third kappa shape index (κ3) is 3.63. The number of rotatable bonds is 5. The summed E-state index contributed by atoms with van der Waals surface area (Å²) in [6.45, 7) is 4.63. The van der Waals surface area contributed by atoms with Gasteiger partial charge in [0.2, 0.25) is 11.8 Å². The predicted molar refractivity (Wildman–Crippen MR) is 95.7 cm³/mol. The molecular formula is C19H21N3O3. The first-order chi connectivity index (χ1) is 12.1. The van der Waals surface area contributed by atoms with Crippen molar-refractivity contribution in [3.63, 3.8) is 0 Å². The molecule has 1 aromatic carbocycles. The highest BCUT2D eigenvalue weighted by atomic mass is 16.5. The van der Waals surface area contributed by atoms with Crippen molar-refractivity contribution >= 4 is 23.3 Å². The molecule has 0 spiro atoms. The number of aryl methyl sites for hydroxylation is 1. The molecule has 1 N–H and O–H groups in total. The Kier molecular flexibility index (Phi) is 4.97. The minimum Gasteiger partial charge on any atom is -0.492 e. The Morgan fingerprint density at radius 3 is 2.88 bits per heavy atom. The zero-order valence-electron chi connectivity index (χ0n) is 14.4. The van der Waals surface area contributed by atoms with Gasteiger partial charge in [-0.05, 0) is 37.6 Å². The Bertz CT molecular complexity index is 791. The standard InChI is InChI=1S/C19H21N3O3/c1-3-25-16-9-5-4-8-15(16)22-12-14(11-17(22)23)19(24)21-18-13(2)7-6-10-20-18/h4-10,14H,3,11-12H2,1-2H3,(H,20,21,24)/t14-/m1/s1. The molecular weight excluding hydrogens is 318 g/mol. The van der Waals surface area contributed by atoms with Gasteiger partial charge < -0.3 is 15.0 Å². The van der Waals surface area contributed by atoms with Crippen LogP contribution in [0, 0.1) is 12.8 Å². The fourth-order valence-corrected chi connectivity index (χ4v) is 2.91. The average molecular weight is 339 g/mol. The summed E-state index contributed by atoms with van der Waals surface area (Å²) in [5.41, 5.74) is 1.59. The van der Waals surface area contributed by atoms with Gasteiger partial charge in [0.25, 0.3) is 0 Å². The fraction of sp³-hybridized carbons (Fsp3) is 0.316. The zero-order valence-corrected chi connectivity index (χ0v) is 14.4. The Hall–Kier alpha value is -2.89. The van der Waals surface area contributed by atoms with Gasteiger partial charge >= 0.3 is 0 Å². The van der Waals surface area contributed by atoms with Gasteiger partial charge in [-0.1, -0.05) is 18.2 Å². The van der Waals surface area contributed by atoms with Crippen molar-refractivity contribution in [2.24, 2.45) is 5.92 Å². The molecule has 6 heteroatoms. The summed E-state index contributed by atoms with van der Waals surface area (Å²) in [5, 5.41) is 2.82. The van der Waals surface area contributed by atoms with Crippen LogP contribution in [0.2, 0.25) is 0 Å². The summed E-state index contributed by atoms with van der Waals surface area (Å²) >= 11 is 0. The van der Waals surface area contributed by atoms with Crippen LogP contribution in [0.3, 0.4) is 0 Å². The summed E-state index contributed by atoms with van der Waals surface area (Å²) in [6, 6.07) is 11.1. The van der Waals surface area contributed by atoms with Crippen LogP contribution in [0.5, 0.6) is 5.75 Å². The molecule has 25 heavy (non-hydrogen) atoms. The number of carbonyl (C=O) groups is 2. The quantitative estimate of drug-likeness (QED) is 0.909. The first-order valence-electron chi connectivity index (χ1n) is 8.34. The lowest BCUT2D eigenvalue weighted by Crippen LogP contribution is -2.28. The number of amides is 2. The normalized spacial score (nSPS) is 16.8. The number of hydrogen-bond acceptors (Lipinski definition) is 4. The molecule has 1 saturated heterocycles. The van der Waals surface area contributed by atoms with Gasteiger partial charge in [0.05, 0.1) is 18.2 Å². The van der Waals surface area contributed by atoms with E-state index in [-0.39, 0.29) is 18.2 Å². The molecule has 130 valence electrons. The number of ether oxygens (including phenoxy) is 1. The number of nitrogens with one attached hydrogen (secondary N) is 1. The van der Waals surface area contributed by atoms with Crippen molar-refractivity contribution in [3.05, 3.63) is 48.2 Å². The number of para-hydroxylation sites is 2. The number of carbonyl (C=O) groups excluding carboxylic acids is 2. The smallest absolute Gasteiger partial charge is 0.230 e. The molecule has 3 rings (SSSR count). The van der Waals surface area contributed by atoms with Crippen LogP contribution in [0.4, 0.5) is 11.5 Å². The molecule has 1 fully saturated rings. The highest BCUT2D eigenvalue weighted by Gasteiger charge is 2.36. The summed E-state index contributed by atoms with van der Waals surface area (Å²) in [6.07, 6.45) is 1.81. The van der Waals surface area contributed by atoms with Crippen LogP contribution in [-0.4, -0.2) is 29.9 Å². The summed E-state index contributed by atoms with van der Waals surface area (Å²) in [4.78, 5) is 30.8. The lowest BCUT2D eigenvalue weighted by Gasteiger charge is -2.20. The van der Waals surface area contributed by atoms with Crippen molar-refractivity contribution in [2.75, 3.05) is 23.4 Å². The predicted octanol–water partition coefficient (Wildman–Crippen LogP) is 2.78. The van der Waals surface area contributed by atoms with Crippen LogP contribution in [0.25, 0.3) is 0 Å². The average Bonchev–Trinajstić information content (AvgIpc) is 2.99. The molecule has 2 aromatic rings. The highest BCUT2D eigenvalue weighted by molar-refractivity contribution is 6.04. The second-order valence-electron chi connectivity index (χ2n) is 5.96. The van der Waals surface area contributed by atoms with Gasteiger partial charge in [0.1, 0.15) is 11.6 Å². The number of hydrogen-bond donors (Lipinski definition) is 1. The first kappa shape index (κ1) is 17.0. The molecule has 2 amide bonds. The second-order valence-corrected chi connectivity index (χ2v) is 5.96. The van der Waals surface area contributed by atoms with E-state index in [0.29, 0.717) is 30.4 Å². The largest absolute Gasteiger partial charge is 0.492 e. The summed E-state index contributed by atoms with van der Waals surface area (Å²) in [7, 11) is 0. The highest BCUT2D eigenvalue weighted by Crippen LogP contribution is 2.33. The molecule has 0 radical (unpaired) electrons. The second kappa shape index (κ2) is 7.34. The number of nitrogens with zero attached hydrogens (tertiary/aromatic N) is 2. The summed E-state index contributed by atoms with van der Waals surface area (Å²) < 4.78 is 5.60. The Labute approximate surface area is 146 Å². The van der Waals surface area contributed by atoms with Gasteiger partial charge in [-0.15, -0.1) is 0 Å². The lowest BCUT2D eigenvalue weighted by atomic mass is 10.1. The zero-order chi connectivity index (χ0) is 17.8. The molecule has 0 unspecified atom stereocenters. The maximum Gasteiger partial charge on any atom is 0.230 e. The molecule has 1 aromatic heterocycles. The van der Waals surface area contributed by atoms with Crippen molar-refractivity contribution < 1.29 is 14.3 Å². The fourth-order valence-electron chi connectivity index (χ4n) is 2.91. The Morgan fingerprint density at radius 1 is 1.32 bits per heavy atom. The minimum atomic E-state index is -0.413. The molecule has 0 aliphatic carbocycles. The number of anilines is 2. The van der Waals surface area contributed by atoms with Crippen molar-refractivity contribution in [3.8, 4) is 5.75 Å². The van der Waals surface area contributed by atoms with Crippen molar-refractivity contribution in [2.45, 2.75) is 20.3 Å². The van der Waals surface area contributed by atoms with Gasteiger partial charge in [-0.3, -0.25) is 9.59 Å². The van der Waals surface area contributed by atoms with E-state index in [4.69, 9.17) is 4.74 Å². The number of benzene rings is 1. The van der Waals surface area contributed by atoms with Gasteiger partial charge in [-0.2, -0.15) is 0 Å². The first-order valence-corrected chi connectivity index (χ1v) is 8.34. The molecule has 2 heterocycles. The van der Waals surface area contributed by atoms with Crippen LogP contribution in [0.15, 0.2) is 42.6 Å². The molecule has 6 nitrogen and oxygen atoms in total. The van der Waals surface area contributed by atoms with E-state index in [1.165, 1.54) is 0 Å². The Balaban J connectivity index is 1.74. The third-order valence-corrected chi connectivity index (χ3v) is 4.20. The number of pyridine rings is 1. The van der Waals surface area contributed by atoms with Crippen molar-refractivity contribution in [1.82, 2.24) is 4.98 Å². The molecule has 1 atom stereocenters. The van der Waals surface area contributed by atoms with E-state index in [2.05, 4.69) is 10.3 Å². The van der Waals surface area contributed by atoms with E-state index < -0.39 is 5.92 Å². The molecule has 1 aliphatic rings. The van der Waals surface area contributed by atoms with E-state index in [9.17, 15) is 9.59 Å². The minimum absolute atomic E-state index is 0.0787. The lowest BCUT2D eigenvalue weighted by molar-refractivity contribution is -0.122. The van der Waals surface area contributed by atoms with Gasteiger partial charge in [0, 0.05) is 19.2 Å². The van der Waals surface area contributed by atoms with Crippen molar-refractivity contribution in [1.29, 1.82) is 0 Å².